The Morgan fingerprint density at radius 2 is 2.17 bits per heavy atom. The smallest absolute Gasteiger partial charge is 0.0995 e. The number of imidazole rings is 1. The minimum absolute atomic E-state index is 0.421. The van der Waals surface area contributed by atoms with Crippen molar-refractivity contribution in [3.63, 3.8) is 0 Å². The van der Waals surface area contributed by atoms with Gasteiger partial charge in [0.15, 0.2) is 0 Å². The van der Waals surface area contributed by atoms with Gasteiger partial charge in [-0.2, -0.15) is 0 Å². The Hall–Kier alpha value is -1.94. The lowest BCUT2D eigenvalue weighted by Crippen LogP contribution is -2.14. The van der Waals surface area contributed by atoms with Crippen molar-refractivity contribution in [2.24, 2.45) is 11.7 Å². The minimum atomic E-state index is 0.421. The average molecular weight is 240 g/mol. The van der Waals surface area contributed by atoms with Crippen LogP contribution in [0.4, 0.5) is 0 Å². The Bertz CT molecular complexity index is 686. The van der Waals surface area contributed by atoms with E-state index in [1.54, 1.807) is 6.33 Å². The minimum Gasteiger partial charge on any atom is -0.343 e. The molecule has 0 aliphatic heterocycles. The van der Waals surface area contributed by atoms with Gasteiger partial charge in [0.25, 0.3) is 0 Å². The zero-order valence-electron chi connectivity index (χ0n) is 10.4. The molecule has 0 aliphatic carbocycles. The highest BCUT2D eigenvalue weighted by Crippen LogP contribution is 2.24. The van der Waals surface area contributed by atoms with Gasteiger partial charge < -0.3 is 10.7 Å². The van der Waals surface area contributed by atoms with Gasteiger partial charge in [0.05, 0.1) is 28.6 Å². The molecule has 0 radical (unpaired) electrons. The maximum atomic E-state index is 5.70. The molecule has 0 saturated carbocycles. The second-order valence-electron chi connectivity index (χ2n) is 4.75. The number of fused-ring (bicyclic) bond motifs is 3. The normalized spacial score (nSPS) is 13.2. The average Bonchev–Trinajstić information content (AvgIpc) is 2.88. The molecule has 4 heteroatoms. The molecule has 3 N–H and O–H groups in total. The molecule has 4 nitrogen and oxygen atoms in total. The molecule has 1 atom stereocenters. The number of hydrogen-bond acceptors (Lipinski definition) is 3. The molecule has 0 saturated heterocycles. The number of nitrogens with zero attached hydrogens (tertiary/aromatic N) is 2. The number of H-pyrrole nitrogens is 1. The zero-order valence-corrected chi connectivity index (χ0v) is 10.4. The van der Waals surface area contributed by atoms with Crippen molar-refractivity contribution in [1.82, 2.24) is 15.0 Å². The molecule has 18 heavy (non-hydrogen) atoms. The van der Waals surface area contributed by atoms with E-state index in [0.717, 1.165) is 34.1 Å². The summed E-state index contributed by atoms with van der Waals surface area (Å²) in [5, 5.41) is 1.10. The van der Waals surface area contributed by atoms with E-state index in [2.05, 4.69) is 23.0 Å². The molecule has 2 aromatic heterocycles. The Morgan fingerprint density at radius 3 is 3.00 bits per heavy atom. The van der Waals surface area contributed by atoms with Crippen LogP contribution >= 0.6 is 0 Å². The zero-order chi connectivity index (χ0) is 12.5. The summed E-state index contributed by atoms with van der Waals surface area (Å²) in [6, 6.07) is 8.10. The SMILES string of the molecule is CC(CN)Cc1nc2ccccc2c2nc[nH]c12. The Labute approximate surface area is 105 Å². The summed E-state index contributed by atoms with van der Waals surface area (Å²) >= 11 is 0. The van der Waals surface area contributed by atoms with Crippen molar-refractivity contribution in [1.29, 1.82) is 0 Å². The van der Waals surface area contributed by atoms with Crippen LogP contribution in [0.2, 0.25) is 0 Å². The highest BCUT2D eigenvalue weighted by Gasteiger charge is 2.12. The van der Waals surface area contributed by atoms with Crippen LogP contribution in [0, 0.1) is 5.92 Å². The number of aromatic nitrogens is 3. The van der Waals surface area contributed by atoms with E-state index in [0.29, 0.717) is 12.5 Å². The lowest BCUT2D eigenvalue weighted by molar-refractivity contribution is 0.587. The first kappa shape index (κ1) is 11.2. The topological polar surface area (TPSA) is 67.6 Å². The van der Waals surface area contributed by atoms with Gasteiger partial charge >= 0.3 is 0 Å². The maximum absolute atomic E-state index is 5.70. The van der Waals surface area contributed by atoms with Crippen LogP contribution in [0.3, 0.4) is 0 Å². The quantitative estimate of drug-likeness (QED) is 0.737. The van der Waals surface area contributed by atoms with Gasteiger partial charge in [-0.25, -0.2) is 4.98 Å². The molecule has 0 spiro atoms. The molecule has 0 bridgehead atoms. The molecule has 0 fully saturated rings. The van der Waals surface area contributed by atoms with Crippen LogP contribution in [0.1, 0.15) is 12.6 Å². The van der Waals surface area contributed by atoms with E-state index in [-0.39, 0.29) is 0 Å². The first-order valence-electron chi connectivity index (χ1n) is 6.20. The van der Waals surface area contributed by atoms with E-state index >= 15 is 0 Å². The van der Waals surface area contributed by atoms with Crippen molar-refractivity contribution in [3.05, 3.63) is 36.3 Å². The molecular weight excluding hydrogens is 224 g/mol. The molecule has 1 aromatic carbocycles. The van der Waals surface area contributed by atoms with Gasteiger partial charge in [-0.15, -0.1) is 0 Å². The summed E-state index contributed by atoms with van der Waals surface area (Å²) in [4.78, 5) is 12.3. The molecule has 0 amide bonds. The van der Waals surface area contributed by atoms with Gasteiger partial charge in [-0.1, -0.05) is 25.1 Å². The fraction of sp³-hybridized carbons (Fsp3) is 0.286. The number of aromatic amines is 1. The lowest BCUT2D eigenvalue weighted by Gasteiger charge is -2.09. The third kappa shape index (κ3) is 1.75. The molecule has 3 aromatic rings. The second-order valence-corrected chi connectivity index (χ2v) is 4.75. The number of nitrogens with two attached hydrogens (primary N) is 1. The summed E-state index contributed by atoms with van der Waals surface area (Å²) in [6.07, 6.45) is 2.61. The van der Waals surface area contributed by atoms with E-state index in [1.165, 1.54) is 0 Å². The Balaban J connectivity index is 2.25. The number of pyridine rings is 1. The highest BCUT2D eigenvalue weighted by atomic mass is 14.9. The first-order valence-corrected chi connectivity index (χ1v) is 6.20. The van der Waals surface area contributed by atoms with Crippen molar-refractivity contribution >= 4 is 21.9 Å². The van der Waals surface area contributed by atoms with Gasteiger partial charge in [0, 0.05) is 5.39 Å². The van der Waals surface area contributed by atoms with Crippen molar-refractivity contribution in [3.8, 4) is 0 Å². The van der Waals surface area contributed by atoms with Gasteiger partial charge in [-0.3, -0.25) is 4.98 Å². The van der Waals surface area contributed by atoms with Gasteiger partial charge in [0.1, 0.15) is 0 Å². The molecule has 3 rings (SSSR count). The van der Waals surface area contributed by atoms with Crippen molar-refractivity contribution < 1.29 is 0 Å². The largest absolute Gasteiger partial charge is 0.343 e. The molecule has 0 aliphatic rings. The summed E-state index contributed by atoms with van der Waals surface area (Å²) < 4.78 is 0. The summed E-state index contributed by atoms with van der Waals surface area (Å²) in [6.45, 7) is 2.81. The highest BCUT2D eigenvalue weighted by molar-refractivity contribution is 6.02. The standard InChI is InChI=1S/C14H16N4/c1-9(7-15)6-12-14-13(16-8-17-14)10-4-2-3-5-11(10)18-12/h2-5,8-9H,6-7,15H2,1H3,(H,16,17). The molecule has 1 unspecified atom stereocenters. The van der Waals surface area contributed by atoms with Crippen molar-refractivity contribution in [2.45, 2.75) is 13.3 Å². The fourth-order valence-corrected chi connectivity index (χ4v) is 2.25. The van der Waals surface area contributed by atoms with E-state index in [9.17, 15) is 0 Å². The van der Waals surface area contributed by atoms with Gasteiger partial charge in [-0.05, 0) is 24.9 Å². The predicted octanol–water partition coefficient (Wildman–Crippen LogP) is 2.25. The van der Waals surface area contributed by atoms with E-state index in [4.69, 9.17) is 10.7 Å². The molecular formula is C14H16N4. The number of nitrogens with one attached hydrogen (secondary N) is 1. The summed E-state index contributed by atoms with van der Waals surface area (Å²) in [5.41, 5.74) is 9.79. The first-order chi connectivity index (χ1) is 8.79. The molecule has 92 valence electrons. The number of para-hydroxylation sites is 1. The van der Waals surface area contributed by atoms with Crippen LogP contribution in [0.15, 0.2) is 30.6 Å². The van der Waals surface area contributed by atoms with Crippen LogP contribution in [-0.2, 0) is 6.42 Å². The van der Waals surface area contributed by atoms with Crippen LogP contribution in [-0.4, -0.2) is 21.5 Å². The number of benzene rings is 1. The number of hydrogen-bond donors (Lipinski definition) is 2. The monoisotopic (exact) mass is 240 g/mol. The van der Waals surface area contributed by atoms with Crippen LogP contribution in [0.5, 0.6) is 0 Å². The van der Waals surface area contributed by atoms with Crippen LogP contribution < -0.4 is 5.73 Å². The fourth-order valence-electron chi connectivity index (χ4n) is 2.25. The van der Waals surface area contributed by atoms with E-state index in [1.807, 2.05) is 18.2 Å². The second kappa shape index (κ2) is 4.38. The molecule has 2 heterocycles. The van der Waals surface area contributed by atoms with Crippen molar-refractivity contribution in [2.75, 3.05) is 6.54 Å². The van der Waals surface area contributed by atoms with Crippen LogP contribution in [0.25, 0.3) is 21.9 Å². The van der Waals surface area contributed by atoms with E-state index < -0.39 is 0 Å². The third-order valence-electron chi connectivity index (χ3n) is 3.29. The third-order valence-corrected chi connectivity index (χ3v) is 3.29. The Morgan fingerprint density at radius 1 is 1.33 bits per heavy atom. The maximum Gasteiger partial charge on any atom is 0.0995 e. The predicted molar refractivity (Wildman–Crippen MR) is 73.3 cm³/mol. The lowest BCUT2D eigenvalue weighted by atomic mass is 10.0. The van der Waals surface area contributed by atoms with Gasteiger partial charge in [0.2, 0.25) is 0 Å². The Kier molecular flexibility index (Phi) is 2.72. The summed E-state index contributed by atoms with van der Waals surface area (Å²) in [5.74, 6) is 0.421. The summed E-state index contributed by atoms with van der Waals surface area (Å²) in [7, 11) is 0. The number of rotatable bonds is 3.